The monoisotopic (exact) mass is 273 g/mol. The number of anilines is 1. The van der Waals surface area contributed by atoms with Crippen molar-refractivity contribution in [3.63, 3.8) is 0 Å². The summed E-state index contributed by atoms with van der Waals surface area (Å²) < 4.78 is 18.7. The molecule has 0 unspecified atom stereocenters. The largest absolute Gasteiger partial charge is 0.383 e. The number of hydrogen-bond donors (Lipinski definition) is 1. The van der Waals surface area contributed by atoms with Crippen LogP contribution in [0.25, 0.3) is 0 Å². The van der Waals surface area contributed by atoms with Crippen LogP contribution in [0, 0.1) is 11.2 Å². The van der Waals surface area contributed by atoms with Crippen molar-refractivity contribution in [2.75, 3.05) is 25.1 Å². The summed E-state index contributed by atoms with van der Waals surface area (Å²) >= 11 is 3.32. The minimum atomic E-state index is -0.231. The van der Waals surface area contributed by atoms with E-state index < -0.39 is 0 Å². The van der Waals surface area contributed by atoms with Gasteiger partial charge in [0.1, 0.15) is 5.82 Å². The van der Waals surface area contributed by atoms with Gasteiger partial charge in [0.2, 0.25) is 0 Å². The Labute approximate surface area is 96.9 Å². The van der Waals surface area contributed by atoms with E-state index in [0.29, 0.717) is 0 Å². The second-order valence-electron chi connectivity index (χ2n) is 4.28. The molecule has 4 heteroatoms. The molecule has 0 aromatic heterocycles. The molecule has 0 radical (unpaired) electrons. The molecule has 0 amide bonds. The summed E-state index contributed by atoms with van der Waals surface area (Å²) in [6.45, 7) is 4.59. The molecular weight excluding hydrogens is 261 g/mol. The third-order valence-corrected chi connectivity index (χ3v) is 3.19. The Kier molecular flexibility index (Phi) is 2.98. The topological polar surface area (TPSA) is 21.3 Å². The lowest BCUT2D eigenvalue weighted by Crippen LogP contribution is -2.45. The Bertz CT molecular complexity index is 366. The fourth-order valence-corrected chi connectivity index (χ4v) is 1.99. The van der Waals surface area contributed by atoms with Gasteiger partial charge >= 0.3 is 0 Å². The average Bonchev–Trinajstić information content (AvgIpc) is 2.14. The van der Waals surface area contributed by atoms with Crippen LogP contribution in [0.15, 0.2) is 22.7 Å². The average molecular weight is 274 g/mol. The first-order chi connectivity index (χ1) is 7.09. The molecule has 0 aliphatic carbocycles. The standard InChI is InChI=1S/C11H13BrFNO/c1-11(6-15-7-11)5-14-10-3-2-8(13)4-9(10)12/h2-4,14H,5-7H2,1H3. The number of nitrogens with one attached hydrogen (secondary N) is 1. The highest BCUT2D eigenvalue weighted by Crippen LogP contribution is 2.29. The van der Waals surface area contributed by atoms with Crippen LogP contribution in [0.5, 0.6) is 0 Å². The third kappa shape index (κ3) is 2.49. The molecular formula is C11H13BrFNO. The maximum Gasteiger partial charge on any atom is 0.124 e. The van der Waals surface area contributed by atoms with E-state index >= 15 is 0 Å². The fraction of sp³-hybridized carbons (Fsp3) is 0.455. The Morgan fingerprint density at radius 2 is 2.27 bits per heavy atom. The van der Waals surface area contributed by atoms with Crippen molar-refractivity contribution < 1.29 is 9.13 Å². The summed E-state index contributed by atoms with van der Waals surface area (Å²) in [5.41, 5.74) is 1.14. The summed E-state index contributed by atoms with van der Waals surface area (Å²) in [6, 6.07) is 4.65. The molecule has 1 N–H and O–H groups in total. The first-order valence-electron chi connectivity index (χ1n) is 4.86. The molecule has 2 nitrogen and oxygen atoms in total. The first kappa shape index (κ1) is 10.9. The lowest BCUT2D eigenvalue weighted by atomic mass is 9.89. The molecule has 82 valence electrons. The Morgan fingerprint density at radius 1 is 1.53 bits per heavy atom. The molecule has 1 aliphatic heterocycles. The Morgan fingerprint density at radius 3 is 2.80 bits per heavy atom. The van der Waals surface area contributed by atoms with Crippen LogP contribution >= 0.6 is 15.9 Å². The molecule has 2 rings (SSSR count). The highest BCUT2D eigenvalue weighted by Gasteiger charge is 2.33. The van der Waals surface area contributed by atoms with Gasteiger partial charge < -0.3 is 10.1 Å². The van der Waals surface area contributed by atoms with Crippen molar-refractivity contribution >= 4 is 21.6 Å². The minimum Gasteiger partial charge on any atom is -0.383 e. The van der Waals surface area contributed by atoms with E-state index in [9.17, 15) is 4.39 Å². The number of hydrogen-bond acceptors (Lipinski definition) is 2. The van der Waals surface area contributed by atoms with Crippen LogP contribution in [-0.4, -0.2) is 19.8 Å². The van der Waals surface area contributed by atoms with E-state index in [1.54, 1.807) is 6.07 Å². The van der Waals surface area contributed by atoms with E-state index in [2.05, 4.69) is 28.2 Å². The van der Waals surface area contributed by atoms with Crippen molar-refractivity contribution in [1.29, 1.82) is 0 Å². The molecule has 15 heavy (non-hydrogen) atoms. The van der Waals surface area contributed by atoms with Crippen molar-refractivity contribution in [3.8, 4) is 0 Å². The SMILES string of the molecule is CC1(CNc2ccc(F)cc2Br)COC1. The summed E-state index contributed by atoms with van der Waals surface area (Å²) in [6.07, 6.45) is 0. The number of rotatable bonds is 3. The van der Waals surface area contributed by atoms with Gasteiger partial charge in [-0.1, -0.05) is 6.92 Å². The Balaban J connectivity index is 1.98. The van der Waals surface area contributed by atoms with Crippen LogP contribution in [0.1, 0.15) is 6.92 Å². The molecule has 1 fully saturated rings. The summed E-state index contributed by atoms with van der Waals surface area (Å²) in [5.74, 6) is -0.231. The maximum atomic E-state index is 12.8. The maximum absolute atomic E-state index is 12.8. The van der Waals surface area contributed by atoms with Crippen molar-refractivity contribution in [1.82, 2.24) is 0 Å². The second-order valence-corrected chi connectivity index (χ2v) is 5.14. The van der Waals surface area contributed by atoms with Gasteiger partial charge in [-0.2, -0.15) is 0 Å². The van der Waals surface area contributed by atoms with Gasteiger partial charge in [-0.05, 0) is 34.1 Å². The van der Waals surface area contributed by atoms with Gasteiger partial charge in [-0.15, -0.1) is 0 Å². The van der Waals surface area contributed by atoms with E-state index in [1.807, 2.05) is 0 Å². The van der Waals surface area contributed by atoms with Crippen LogP contribution in [0.3, 0.4) is 0 Å². The Hall–Kier alpha value is -0.610. The quantitative estimate of drug-likeness (QED) is 0.914. The predicted octanol–water partition coefficient (Wildman–Crippen LogP) is 3.04. The second kappa shape index (κ2) is 4.10. The van der Waals surface area contributed by atoms with Crippen molar-refractivity contribution in [3.05, 3.63) is 28.5 Å². The third-order valence-electron chi connectivity index (χ3n) is 2.54. The summed E-state index contributed by atoms with van der Waals surface area (Å²) in [4.78, 5) is 0. The normalized spacial score (nSPS) is 18.3. The van der Waals surface area contributed by atoms with E-state index in [0.717, 1.165) is 29.9 Å². The highest BCUT2D eigenvalue weighted by atomic mass is 79.9. The van der Waals surface area contributed by atoms with Crippen LogP contribution in [0.4, 0.5) is 10.1 Å². The van der Waals surface area contributed by atoms with E-state index in [1.165, 1.54) is 12.1 Å². The van der Waals surface area contributed by atoms with Gasteiger partial charge in [0.25, 0.3) is 0 Å². The van der Waals surface area contributed by atoms with E-state index in [-0.39, 0.29) is 11.2 Å². The predicted molar refractivity (Wildman–Crippen MR) is 61.5 cm³/mol. The van der Waals surface area contributed by atoms with Crippen molar-refractivity contribution in [2.24, 2.45) is 5.41 Å². The zero-order valence-corrected chi connectivity index (χ0v) is 10.1. The lowest BCUT2D eigenvalue weighted by molar-refractivity contribution is -0.0924. The molecule has 0 saturated carbocycles. The van der Waals surface area contributed by atoms with Crippen LogP contribution in [-0.2, 0) is 4.74 Å². The molecule has 1 saturated heterocycles. The zero-order chi connectivity index (χ0) is 10.9. The van der Waals surface area contributed by atoms with E-state index in [4.69, 9.17) is 4.74 Å². The lowest BCUT2D eigenvalue weighted by Gasteiger charge is -2.38. The zero-order valence-electron chi connectivity index (χ0n) is 8.52. The van der Waals surface area contributed by atoms with Gasteiger partial charge in [0.15, 0.2) is 0 Å². The number of benzene rings is 1. The molecule has 1 aromatic carbocycles. The fourth-order valence-electron chi connectivity index (χ4n) is 1.49. The molecule has 0 bridgehead atoms. The van der Waals surface area contributed by atoms with Gasteiger partial charge in [-0.3, -0.25) is 0 Å². The molecule has 1 aromatic rings. The highest BCUT2D eigenvalue weighted by molar-refractivity contribution is 9.10. The number of ether oxygens (including phenoxy) is 1. The van der Waals surface area contributed by atoms with Crippen molar-refractivity contribution in [2.45, 2.75) is 6.92 Å². The van der Waals surface area contributed by atoms with Gasteiger partial charge in [0, 0.05) is 22.1 Å². The molecule has 1 heterocycles. The first-order valence-corrected chi connectivity index (χ1v) is 5.65. The smallest absolute Gasteiger partial charge is 0.124 e. The van der Waals surface area contributed by atoms with Gasteiger partial charge in [0.05, 0.1) is 13.2 Å². The summed E-state index contributed by atoms with van der Waals surface area (Å²) in [7, 11) is 0. The van der Waals surface area contributed by atoms with Crippen LogP contribution in [0.2, 0.25) is 0 Å². The number of halogens is 2. The molecule has 0 spiro atoms. The van der Waals surface area contributed by atoms with Gasteiger partial charge in [-0.25, -0.2) is 4.39 Å². The minimum absolute atomic E-state index is 0.216. The molecule has 0 atom stereocenters. The summed E-state index contributed by atoms with van der Waals surface area (Å²) in [5, 5.41) is 3.29. The van der Waals surface area contributed by atoms with Crippen LogP contribution < -0.4 is 5.32 Å². The molecule has 1 aliphatic rings.